The van der Waals surface area contributed by atoms with Gasteiger partial charge in [-0.05, 0) is 48.7 Å². The molecule has 0 amide bonds. The van der Waals surface area contributed by atoms with E-state index in [1.807, 2.05) is 15.3 Å². The van der Waals surface area contributed by atoms with Crippen molar-refractivity contribution >= 4 is 9.24 Å². The Morgan fingerprint density at radius 1 is 1.18 bits per heavy atom. The minimum atomic E-state index is -1.45. The quantitative estimate of drug-likeness (QED) is 0.767. The van der Waals surface area contributed by atoms with Gasteiger partial charge in [0, 0.05) is 11.5 Å². The summed E-state index contributed by atoms with van der Waals surface area (Å²) in [7, 11) is 1.96. The zero-order valence-electron chi connectivity index (χ0n) is 12.0. The molecule has 116 valence electrons. The Hall–Kier alpha value is -1.67. The molecule has 0 saturated heterocycles. The molecule has 0 bridgehead atoms. The van der Waals surface area contributed by atoms with Crippen LogP contribution in [0.2, 0.25) is 0 Å². The van der Waals surface area contributed by atoms with E-state index in [9.17, 15) is 8.78 Å². The van der Waals surface area contributed by atoms with Crippen LogP contribution in [-0.4, -0.2) is 12.7 Å². The monoisotopic (exact) mass is 322 g/mol. The molecule has 1 heterocycles. The van der Waals surface area contributed by atoms with E-state index in [0.29, 0.717) is 12.4 Å². The van der Waals surface area contributed by atoms with E-state index in [1.165, 1.54) is 12.1 Å². The summed E-state index contributed by atoms with van der Waals surface area (Å²) in [6.45, 7) is 0.639. The molecular weight excluding hydrogens is 305 g/mol. The normalized spacial score (nSPS) is 18.8. The number of alkyl halides is 1. The van der Waals surface area contributed by atoms with Crippen molar-refractivity contribution in [1.29, 1.82) is 0 Å². The van der Waals surface area contributed by atoms with Crippen LogP contribution in [0.5, 0.6) is 11.5 Å². The topological polar surface area (TPSA) is 18.5 Å². The number of fused-ring (bicyclic) bond motifs is 1. The maximum Gasteiger partial charge on any atom is 0.249 e. The van der Waals surface area contributed by atoms with Crippen molar-refractivity contribution < 1.29 is 18.3 Å². The van der Waals surface area contributed by atoms with Gasteiger partial charge in [-0.1, -0.05) is 21.4 Å². The van der Waals surface area contributed by atoms with Crippen LogP contribution in [0.3, 0.4) is 0 Å². The van der Waals surface area contributed by atoms with E-state index in [0.717, 1.165) is 29.7 Å². The fraction of sp³-hybridized carbons (Fsp3) is 0.294. The molecule has 5 heteroatoms. The van der Waals surface area contributed by atoms with Gasteiger partial charge < -0.3 is 9.47 Å². The Kier molecular flexibility index (Phi) is 4.58. The predicted molar refractivity (Wildman–Crippen MR) is 84.6 cm³/mol. The minimum Gasteiger partial charge on any atom is -0.493 e. The molecule has 3 unspecified atom stereocenters. The molecule has 0 aliphatic carbocycles. The van der Waals surface area contributed by atoms with Crippen LogP contribution in [-0.2, 0) is 0 Å². The molecule has 1 aliphatic rings. The molecule has 3 atom stereocenters. The number of halogens is 2. The average Bonchev–Trinajstić information content (AvgIpc) is 2.70. The van der Waals surface area contributed by atoms with Gasteiger partial charge >= 0.3 is 0 Å². The van der Waals surface area contributed by atoms with Crippen molar-refractivity contribution in [3.63, 3.8) is 0 Å². The van der Waals surface area contributed by atoms with Gasteiger partial charge in [0.1, 0.15) is 17.3 Å². The van der Waals surface area contributed by atoms with Crippen LogP contribution in [0, 0.1) is 5.82 Å². The maximum atomic E-state index is 13.1. The second kappa shape index (κ2) is 6.62. The van der Waals surface area contributed by atoms with Crippen molar-refractivity contribution in [2.75, 3.05) is 6.61 Å². The lowest BCUT2D eigenvalue weighted by Crippen LogP contribution is -2.04. The van der Waals surface area contributed by atoms with Gasteiger partial charge in [0.25, 0.3) is 0 Å². The number of rotatable bonds is 3. The van der Waals surface area contributed by atoms with Crippen LogP contribution in [0.15, 0.2) is 42.5 Å². The lowest BCUT2D eigenvalue weighted by Gasteiger charge is -2.18. The first-order valence-corrected chi connectivity index (χ1v) is 7.88. The zero-order chi connectivity index (χ0) is 15.5. The molecule has 0 radical (unpaired) electrons. The third-order valence-electron chi connectivity index (χ3n) is 3.77. The Morgan fingerprint density at radius 2 is 1.95 bits per heavy atom. The summed E-state index contributed by atoms with van der Waals surface area (Å²) >= 11 is 0. The van der Waals surface area contributed by atoms with Gasteiger partial charge in [-0.2, -0.15) is 4.39 Å². The molecule has 0 N–H and O–H groups in total. The van der Waals surface area contributed by atoms with Crippen molar-refractivity contribution in [2.45, 2.75) is 24.9 Å². The third kappa shape index (κ3) is 3.38. The first kappa shape index (κ1) is 15.2. The van der Waals surface area contributed by atoms with Gasteiger partial charge in [-0.15, -0.1) is 0 Å². The van der Waals surface area contributed by atoms with Gasteiger partial charge in [-0.3, -0.25) is 0 Å². The Morgan fingerprint density at radius 3 is 2.68 bits per heavy atom. The Balaban J connectivity index is 2.00. The molecule has 0 aromatic heterocycles. The Bertz CT molecular complexity index is 644. The lowest BCUT2D eigenvalue weighted by molar-refractivity contribution is 0.153. The fourth-order valence-electron chi connectivity index (χ4n) is 2.80. The number of hydrogen-bond acceptors (Lipinski definition) is 2. The summed E-state index contributed by atoms with van der Waals surface area (Å²) in [5, 5.41) is 0. The molecule has 0 fully saturated rings. The molecule has 1 aliphatic heterocycles. The highest BCUT2D eigenvalue weighted by atomic mass is 31.0. The van der Waals surface area contributed by atoms with Crippen molar-refractivity contribution in [1.82, 2.24) is 0 Å². The summed E-state index contributed by atoms with van der Waals surface area (Å²) < 4.78 is 37.0. The van der Waals surface area contributed by atoms with E-state index in [1.54, 1.807) is 24.3 Å². The SMILES string of the molecule is Fc1ccc(C2CCCOc3ccc(OC(F)P)cc32)cc1. The number of hydrogen-bond donors (Lipinski definition) is 0. The lowest BCUT2D eigenvalue weighted by atomic mass is 9.87. The van der Waals surface area contributed by atoms with E-state index in [-0.39, 0.29) is 11.7 Å². The van der Waals surface area contributed by atoms with Crippen LogP contribution in [0.1, 0.15) is 29.9 Å². The van der Waals surface area contributed by atoms with Gasteiger partial charge in [0.2, 0.25) is 6.10 Å². The van der Waals surface area contributed by atoms with Crippen LogP contribution >= 0.6 is 9.24 Å². The number of ether oxygens (including phenoxy) is 2. The molecule has 0 spiro atoms. The van der Waals surface area contributed by atoms with E-state index >= 15 is 0 Å². The van der Waals surface area contributed by atoms with Crippen LogP contribution in [0.4, 0.5) is 8.78 Å². The van der Waals surface area contributed by atoms with Crippen molar-refractivity contribution in [2.24, 2.45) is 0 Å². The summed E-state index contributed by atoms with van der Waals surface area (Å²) in [5.74, 6) is 1.07. The predicted octanol–water partition coefficient (Wildman–Crippen LogP) is 4.64. The highest BCUT2D eigenvalue weighted by molar-refractivity contribution is 7.16. The smallest absolute Gasteiger partial charge is 0.249 e. The highest BCUT2D eigenvalue weighted by Gasteiger charge is 2.22. The fourth-order valence-corrected chi connectivity index (χ4v) is 2.96. The van der Waals surface area contributed by atoms with E-state index in [4.69, 9.17) is 9.47 Å². The van der Waals surface area contributed by atoms with Crippen LogP contribution < -0.4 is 9.47 Å². The molecule has 3 rings (SSSR count). The first-order chi connectivity index (χ1) is 10.6. The molecule has 2 aromatic carbocycles. The minimum absolute atomic E-state index is 0.0872. The van der Waals surface area contributed by atoms with Gasteiger partial charge in [-0.25, -0.2) is 4.39 Å². The Labute approximate surface area is 130 Å². The molecule has 2 nitrogen and oxygen atoms in total. The molecule has 2 aromatic rings. The maximum absolute atomic E-state index is 13.1. The summed E-state index contributed by atoms with van der Waals surface area (Å²) in [4.78, 5) is 0. The second-order valence-electron chi connectivity index (χ2n) is 5.26. The van der Waals surface area contributed by atoms with Crippen molar-refractivity contribution in [3.05, 3.63) is 59.4 Å². The van der Waals surface area contributed by atoms with Crippen molar-refractivity contribution in [3.8, 4) is 11.5 Å². The second-order valence-corrected chi connectivity index (χ2v) is 5.79. The van der Waals surface area contributed by atoms with Gasteiger partial charge in [0.15, 0.2) is 0 Å². The third-order valence-corrected chi connectivity index (χ3v) is 3.91. The molecular formula is C17H17F2O2P. The summed E-state index contributed by atoms with van der Waals surface area (Å²) in [6, 6.07) is 11.8. The van der Waals surface area contributed by atoms with Gasteiger partial charge in [0.05, 0.1) is 6.61 Å². The average molecular weight is 322 g/mol. The number of benzene rings is 2. The highest BCUT2D eigenvalue weighted by Crippen LogP contribution is 2.39. The zero-order valence-corrected chi connectivity index (χ0v) is 13.1. The van der Waals surface area contributed by atoms with Crippen LogP contribution in [0.25, 0.3) is 0 Å². The molecule has 22 heavy (non-hydrogen) atoms. The first-order valence-electron chi connectivity index (χ1n) is 7.22. The van der Waals surface area contributed by atoms with E-state index in [2.05, 4.69) is 0 Å². The largest absolute Gasteiger partial charge is 0.493 e. The molecule has 0 saturated carbocycles. The summed E-state index contributed by atoms with van der Waals surface area (Å²) in [6.07, 6.45) is 0.346. The van der Waals surface area contributed by atoms with E-state index < -0.39 is 6.10 Å². The summed E-state index contributed by atoms with van der Waals surface area (Å²) in [5.41, 5.74) is 1.97. The standard InChI is InChI=1S/C17H17F2O2P/c18-12-5-3-11(4-6-12)14-2-1-9-20-16-8-7-13(10-15(14)16)21-17(19)22/h3-8,10,14,17H,1-2,9,22H2.